The third-order valence-electron chi connectivity index (χ3n) is 6.37. The Hall–Kier alpha value is -2.47. The van der Waals surface area contributed by atoms with E-state index in [1.165, 1.54) is 21.3 Å². The topological polar surface area (TPSA) is 64.0 Å². The van der Waals surface area contributed by atoms with Crippen LogP contribution in [0, 0.1) is 25.2 Å². The third kappa shape index (κ3) is 3.93. The summed E-state index contributed by atoms with van der Waals surface area (Å²) in [5.41, 5.74) is 4.33. The maximum absolute atomic E-state index is 13.2. The van der Waals surface area contributed by atoms with Crippen molar-refractivity contribution in [2.24, 2.45) is 11.3 Å². The molecule has 1 N–H and O–H groups in total. The lowest BCUT2D eigenvalue weighted by atomic mass is 9.72. The molecule has 1 aliphatic carbocycles. The van der Waals surface area contributed by atoms with Crippen LogP contribution in [0.15, 0.2) is 29.3 Å². The summed E-state index contributed by atoms with van der Waals surface area (Å²) in [4.78, 5) is 32.3. The van der Waals surface area contributed by atoms with Gasteiger partial charge in [0.1, 0.15) is 11.4 Å². The lowest BCUT2D eigenvalue weighted by molar-refractivity contribution is -0.116. The van der Waals surface area contributed by atoms with Gasteiger partial charge in [-0.25, -0.2) is 4.98 Å². The molecule has 5 nitrogen and oxygen atoms in total. The number of aryl methyl sites for hydroxylation is 3. The number of nitrogens with one attached hydrogen (secondary N) is 1. The van der Waals surface area contributed by atoms with Crippen LogP contribution in [0.25, 0.3) is 10.2 Å². The summed E-state index contributed by atoms with van der Waals surface area (Å²) in [6, 6.07) is 5.80. The van der Waals surface area contributed by atoms with Crippen LogP contribution in [0.4, 0.5) is 5.69 Å². The Labute approximate surface area is 181 Å². The smallest absolute Gasteiger partial charge is 0.262 e. The molecule has 0 saturated carbocycles. The minimum atomic E-state index is -0.224. The van der Waals surface area contributed by atoms with Gasteiger partial charge in [-0.2, -0.15) is 0 Å². The number of hydrogen-bond acceptors (Lipinski definition) is 4. The van der Waals surface area contributed by atoms with Crippen LogP contribution < -0.4 is 10.9 Å². The van der Waals surface area contributed by atoms with Crippen LogP contribution in [0.3, 0.4) is 0 Å². The normalized spacial score (nSPS) is 16.5. The monoisotopic (exact) mass is 423 g/mol. The Morgan fingerprint density at radius 3 is 2.73 bits per heavy atom. The third-order valence-corrected chi connectivity index (χ3v) is 7.53. The molecular weight excluding hydrogens is 394 g/mol. The van der Waals surface area contributed by atoms with Crippen LogP contribution >= 0.6 is 11.3 Å². The quantitative estimate of drug-likeness (QED) is 0.654. The Morgan fingerprint density at radius 1 is 1.27 bits per heavy atom. The molecule has 30 heavy (non-hydrogen) atoms. The number of hydrogen-bond donors (Lipinski definition) is 1. The Bertz CT molecular complexity index is 1180. The van der Waals surface area contributed by atoms with Crippen molar-refractivity contribution in [1.82, 2.24) is 9.55 Å². The van der Waals surface area contributed by atoms with Gasteiger partial charge in [0.2, 0.25) is 5.91 Å². The number of benzene rings is 1. The van der Waals surface area contributed by atoms with E-state index in [4.69, 9.17) is 0 Å². The zero-order valence-corrected chi connectivity index (χ0v) is 19.2. The summed E-state index contributed by atoms with van der Waals surface area (Å²) in [7, 11) is 0. The molecule has 6 heteroatoms. The Morgan fingerprint density at radius 2 is 2.03 bits per heavy atom. The molecule has 0 aliphatic heterocycles. The maximum atomic E-state index is 13.2. The predicted octanol–water partition coefficient (Wildman–Crippen LogP) is 4.86. The molecule has 2 heterocycles. The van der Waals surface area contributed by atoms with Gasteiger partial charge >= 0.3 is 0 Å². The van der Waals surface area contributed by atoms with Gasteiger partial charge in [0.05, 0.1) is 11.7 Å². The fraction of sp³-hybridized carbons (Fsp3) is 0.458. The van der Waals surface area contributed by atoms with E-state index in [9.17, 15) is 9.59 Å². The number of amides is 1. The molecule has 0 unspecified atom stereocenters. The zero-order valence-electron chi connectivity index (χ0n) is 18.3. The first-order valence-corrected chi connectivity index (χ1v) is 11.3. The van der Waals surface area contributed by atoms with E-state index in [0.29, 0.717) is 11.3 Å². The van der Waals surface area contributed by atoms with Crippen LogP contribution in [0.5, 0.6) is 0 Å². The summed E-state index contributed by atoms with van der Waals surface area (Å²) in [6.07, 6.45) is 4.51. The molecular formula is C24H29N3O2S. The summed E-state index contributed by atoms with van der Waals surface area (Å²) < 4.78 is 1.43. The zero-order chi connectivity index (χ0) is 21.6. The van der Waals surface area contributed by atoms with Crippen molar-refractivity contribution < 1.29 is 4.79 Å². The number of fused-ring (bicyclic) bond motifs is 3. The average molecular weight is 424 g/mol. The average Bonchev–Trinajstić information content (AvgIpc) is 3.05. The summed E-state index contributed by atoms with van der Waals surface area (Å²) >= 11 is 1.64. The van der Waals surface area contributed by atoms with E-state index < -0.39 is 0 Å². The molecule has 3 aromatic rings. The molecule has 4 rings (SSSR count). The van der Waals surface area contributed by atoms with Crippen LogP contribution in [-0.2, 0) is 24.2 Å². The first-order valence-electron chi connectivity index (χ1n) is 10.5. The van der Waals surface area contributed by atoms with Gasteiger partial charge in [-0.3, -0.25) is 14.2 Å². The minimum Gasteiger partial charge on any atom is -0.325 e. The number of carbonyl (C=O) groups excluding carboxylic acids is 1. The van der Waals surface area contributed by atoms with Crippen molar-refractivity contribution in [2.45, 2.75) is 60.4 Å². The highest BCUT2D eigenvalue weighted by Gasteiger charge is 2.31. The Balaban J connectivity index is 1.59. The number of thiophene rings is 1. The van der Waals surface area contributed by atoms with Crippen LogP contribution in [0.1, 0.15) is 48.8 Å². The van der Waals surface area contributed by atoms with E-state index in [2.05, 4.69) is 31.1 Å². The maximum Gasteiger partial charge on any atom is 0.262 e. The van der Waals surface area contributed by atoms with Crippen molar-refractivity contribution in [3.8, 4) is 0 Å². The second kappa shape index (κ2) is 7.65. The van der Waals surface area contributed by atoms with E-state index in [1.54, 1.807) is 11.3 Å². The van der Waals surface area contributed by atoms with Crippen molar-refractivity contribution in [3.05, 3.63) is 56.4 Å². The summed E-state index contributed by atoms with van der Waals surface area (Å²) in [5, 5.41) is 3.60. The first-order chi connectivity index (χ1) is 14.1. The van der Waals surface area contributed by atoms with Gasteiger partial charge in [0.25, 0.3) is 5.56 Å². The van der Waals surface area contributed by atoms with E-state index in [-0.39, 0.29) is 23.4 Å². The number of aromatic nitrogens is 2. The van der Waals surface area contributed by atoms with Crippen molar-refractivity contribution in [1.29, 1.82) is 0 Å². The second-order valence-electron chi connectivity index (χ2n) is 9.51. The highest BCUT2D eigenvalue weighted by atomic mass is 32.1. The number of nitrogens with zero attached hydrogens (tertiary/aromatic N) is 2. The van der Waals surface area contributed by atoms with Gasteiger partial charge in [-0.05, 0) is 73.3 Å². The van der Waals surface area contributed by atoms with E-state index in [1.807, 2.05) is 32.0 Å². The first kappa shape index (κ1) is 20.8. The van der Waals surface area contributed by atoms with E-state index in [0.717, 1.165) is 40.9 Å². The molecule has 1 amide bonds. The molecule has 2 aromatic heterocycles. The standard InChI is InChI=1S/C24H29N3O2S/c1-14-6-8-17(10-15(14)2)26-20(28)12-27-13-25-22-21(23(27)29)18-9-7-16(24(3,4)5)11-19(18)30-22/h6,8,10,13,16H,7,9,11-12H2,1-5H3,(H,26,28)/t16-/m0/s1. The Kier molecular flexibility index (Phi) is 5.30. The molecule has 0 saturated heterocycles. The fourth-order valence-corrected chi connectivity index (χ4v) is 5.49. The highest BCUT2D eigenvalue weighted by molar-refractivity contribution is 7.18. The molecule has 0 fully saturated rings. The SMILES string of the molecule is Cc1ccc(NC(=O)Cn2cnc3sc4c(c3c2=O)CC[C@H](C(C)(C)C)C4)cc1C. The van der Waals surface area contributed by atoms with Crippen LogP contribution in [0.2, 0.25) is 0 Å². The number of anilines is 1. The summed E-state index contributed by atoms with van der Waals surface area (Å²) in [5.74, 6) is 0.391. The molecule has 0 spiro atoms. The molecule has 0 radical (unpaired) electrons. The predicted molar refractivity (Wildman–Crippen MR) is 123 cm³/mol. The minimum absolute atomic E-state index is 0.0378. The van der Waals surface area contributed by atoms with Gasteiger partial charge in [0.15, 0.2) is 0 Å². The molecule has 1 aromatic carbocycles. The highest BCUT2D eigenvalue weighted by Crippen LogP contribution is 2.41. The van der Waals surface area contributed by atoms with Gasteiger partial charge < -0.3 is 5.32 Å². The molecule has 0 bridgehead atoms. The molecule has 1 aliphatic rings. The van der Waals surface area contributed by atoms with Crippen molar-refractivity contribution in [3.63, 3.8) is 0 Å². The number of carbonyl (C=O) groups is 1. The molecule has 158 valence electrons. The van der Waals surface area contributed by atoms with Crippen LogP contribution in [-0.4, -0.2) is 15.5 Å². The summed E-state index contributed by atoms with van der Waals surface area (Å²) in [6.45, 7) is 10.9. The van der Waals surface area contributed by atoms with Crippen molar-refractivity contribution >= 4 is 33.1 Å². The van der Waals surface area contributed by atoms with Crippen molar-refractivity contribution in [2.75, 3.05) is 5.32 Å². The number of rotatable bonds is 3. The van der Waals surface area contributed by atoms with Gasteiger partial charge in [-0.1, -0.05) is 26.8 Å². The lowest BCUT2D eigenvalue weighted by Gasteiger charge is -2.33. The second-order valence-corrected chi connectivity index (χ2v) is 10.6. The lowest BCUT2D eigenvalue weighted by Crippen LogP contribution is -2.29. The van der Waals surface area contributed by atoms with E-state index >= 15 is 0 Å². The fourth-order valence-electron chi connectivity index (χ4n) is 4.23. The molecule has 1 atom stereocenters. The van der Waals surface area contributed by atoms with Gasteiger partial charge in [-0.15, -0.1) is 11.3 Å². The van der Waals surface area contributed by atoms with Gasteiger partial charge in [0, 0.05) is 10.6 Å². The largest absolute Gasteiger partial charge is 0.325 e.